The molecule has 1 N–H and O–H groups in total. The molecule has 0 atom stereocenters. The third-order valence-electron chi connectivity index (χ3n) is 4.79. The highest BCUT2D eigenvalue weighted by Gasteiger charge is 2.12. The van der Waals surface area contributed by atoms with Gasteiger partial charge in [-0.3, -0.25) is 9.36 Å². The van der Waals surface area contributed by atoms with E-state index in [4.69, 9.17) is 9.72 Å². The number of rotatable bonds is 4. The molecule has 0 saturated heterocycles. The molecule has 150 valence electrons. The lowest BCUT2D eigenvalue weighted by Gasteiger charge is -2.12. The van der Waals surface area contributed by atoms with E-state index >= 15 is 0 Å². The van der Waals surface area contributed by atoms with Crippen molar-refractivity contribution in [2.24, 2.45) is 0 Å². The van der Waals surface area contributed by atoms with Gasteiger partial charge in [-0.05, 0) is 70.9 Å². The highest BCUT2D eigenvalue weighted by atomic mass is 79.9. The summed E-state index contributed by atoms with van der Waals surface area (Å²) in [6, 6.07) is 18.5. The van der Waals surface area contributed by atoms with Crippen molar-refractivity contribution in [3.8, 4) is 17.2 Å². The highest BCUT2D eigenvalue weighted by Crippen LogP contribution is 2.35. The number of para-hydroxylation sites is 1. The van der Waals surface area contributed by atoms with E-state index in [0.29, 0.717) is 26.9 Å². The number of methoxy groups -OCH3 is 1. The average molecular weight is 463 g/mol. The zero-order valence-electron chi connectivity index (χ0n) is 16.5. The van der Waals surface area contributed by atoms with Crippen LogP contribution >= 0.6 is 15.9 Å². The summed E-state index contributed by atoms with van der Waals surface area (Å²) in [5, 5.41) is 10.6. The number of hydrogen-bond donors (Lipinski definition) is 1. The fourth-order valence-electron chi connectivity index (χ4n) is 3.22. The summed E-state index contributed by atoms with van der Waals surface area (Å²) < 4.78 is 7.33. The Kier molecular flexibility index (Phi) is 5.42. The monoisotopic (exact) mass is 462 g/mol. The van der Waals surface area contributed by atoms with Crippen LogP contribution in [0.5, 0.6) is 11.5 Å². The molecule has 4 rings (SSSR count). The molecule has 0 bridgehead atoms. The van der Waals surface area contributed by atoms with E-state index in [0.717, 1.165) is 16.8 Å². The van der Waals surface area contributed by atoms with Gasteiger partial charge in [0, 0.05) is 0 Å². The van der Waals surface area contributed by atoms with Crippen LogP contribution in [0.25, 0.3) is 28.7 Å². The van der Waals surface area contributed by atoms with E-state index in [1.807, 2.05) is 55.5 Å². The molecule has 0 aliphatic carbocycles. The molecule has 30 heavy (non-hydrogen) atoms. The van der Waals surface area contributed by atoms with E-state index in [1.165, 1.54) is 7.11 Å². The maximum atomic E-state index is 13.3. The lowest BCUT2D eigenvalue weighted by Crippen LogP contribution is -2.22. The minimum Gasteiger partial charge on any atom is -0.503 e. The Balaban J connectivity index is 1.91. The van der Waals surface area contributed by atoms with Gasteiger partial charge in [-0.25, -0.2) is 4.98 Å². The van der Waals surface area contributed by atoms with Gasteiger partial charge in [0.2, 0.25) is 0 Å². The predicted molar refractivity (Wildman–Crippen MR) is 123 cm³/mol. The van der Waals surface area contributed by atoms with E-state index in [1.54, 1.807) is 28.8 Å². The minimum atomic E-state index is -0.131. The largest absolute Gasteiger partial charge is 0.503 e. The molecular weight excluding hydrogens is 444 g/mol. The first-order valence-corrected chi connectivity index (χ1v) is 10.1. The summed E-state index contributed by atoms with van der Waals surface area (Å²) in [7, 11) is 1.49. The Hall–Kier alpha value is -3.38. The van der Waals surface area contributed by atoms with Gasteiger partial charge in [0.1, 0.15) is 5.82 Å². The van der Waals surface area contributed by atoms with Gasteiger partial charge in [-0.2, -0.15) is 0 Å². The Morgan fingerprint density at radius 3 is 2.53 bits per heavy atom. The van der Waals surface area contributed by atoms with Crippen LogP contribution in [-0.4, -0.2) is 21.8 Å². The SMILES string of the molecule is COc1cc(C=Cc2nc3ccccc3c(=O)n2-c2ccc(C)cc2)cc(Br)c1O. The molecule has 0 saturated carbocycles. The molecule has 1 aromatic heterocycles. The number of nitrogens with zero attached hydrogens (tertiary/aromatic N) is 2. The number of aryl methyl sites for hydroxylation is 1. The summed E-state index contributed by atoms with van der Waals surface area (Å²) in [4.78, 5) is 18.0. The zero-order valence-corrected chi connectivity index (χ0v) is 18.1. The standard InChI is InChI=1S/C24H19BrN2O3/c1-15-7-10-17(11-8-15)27-22(26-20-6-4-3-5-18(20)24(27)29)12-9-16-13-19(25)23(28)21(14-16)30-2/h3-14,28H,1-2H3. The van der Waals surface area contributed by atoms with Gasteiger partial charge >= 0.3 is 0 Å². The third kappa shape index (κ3) is 3.74. The molecule has 3 aromatic carbocycles. The van der Waals surface area contributed by atoms with Crippen LogP contribution in [0.2, 0.25) is 0 Å². The fraction of sp³-hybridized carbons (Fsp3) is 0.0833. The first-order valence-electron chi connectivity index (χ1n) is 9.31. The number of benzene rings is 3. The number of aromatic hydroxyl groups is 1. The van der Waals surface area contributed by atoms with Crippen LogP contribution in [0, 0.1) is 6.92 Å². The van der Waals surface area contributed by atoms with Crippen molar-refractivity contribution in [1.82, 2.24) is 9.55 Å². The Labute approximate surface area is 182 Å². The van der Waals surface area contributed by atoms with Gasteiger partial charge in [-0.15, -0.1) is 0 Å². The van der Waals surface area contributed by atoms with Crippen LogP contribution in [0.15, 0.2) is 69.9 Å². The number of halogens is 1. The molecule has 0 aliphatic heterocycles. The van der Waals surface area contributed by atoms with E-state index in [-0.39, 0.29) is 11.3 Å². The van der Waals surface area contributed by atoms with Crippen molar-refractivity contribution in [2.75, 3.05) is 7.11 Å². The average Bonchev–Trinajstić information content (AvgIpc) is 2.75. The van der Waals surface area contributed by atoms with Crippen LogP contribution in [0.4, 0.5) is 0 Å². The minimum absolute atomic E-state index is 0.0371. The van der Waals surface area contributed by atoms with Crippen molar-refractivity contribution in [3.05, 3.63) is 92.4 Å². The molecule has 0 spiro atoms. The number of phenolic OH excluding ortho intramolecular Hbond substituents is 1. The van der Waals surface area contributed by atoms with Crippen molar-refractivity contribution in [3.63, 3.8) is 0 Å². The second kappa shape index (κ2) is 8.16. The van der Waals surface area contributed by atoms with Crippen LogP contribution < -0.4 is 10.3 Å². The van der Waals surface area contributed by atoms with Gasteiger partial charge in [0.25, 0.3) is 5.56 Å². The smallest absolute Gasteiger partial charge is 0.266 e. The zero-order chi connectivity index (χ0) is 21.3. The van der Waals surface area contributed by atoms with Crippen LogP contribution in [0.3, 0.4) is 0 Å². The lowest BCUT2D eigenvalue weighted by molar-refractivity contribution is 0.372. The van der Waals surface area contributed by atoms with Crippen molar-refractivity contribution in [2.45, 2.75) is 6.92 Å². The molecular formula is C24H19BrN2O3. The van der Waals surface area contributed by atoms with Gasteiger partial charge in [0.05, 0.1) is 28.2 Å². The summed E-state index contributed by atoms with van der Waals surface area (Å²) in [5.74, 6) is 0.896. The summed E-state index contributed by atoms with van der Waals surface area (Å²) in [5.41, 5.74) is 3.14. The fourth-order valence-corrected chi connectivity index (χ4v) is 3.68. The molecule has 0 unspecified atom stereocenters. The molecule has 4 aromatic rings. The van der Waals surface area contributed by atoms with Crippen LogP contribution in [0.1, 0.15) is 17.0 Å². The molecule has 5 nitrogen and oxygen atoms in total. The van der Waals surface area contributed by atoms with E-state index in [9.17, 15) is 9.90 Å². The third-order valence-corrected chi connectivity index (χ3v) is 5.39. The lowest BCUT2D eigenvalue weighted by atomic mass is 10.1. The predicted octanol–water partition coefficient (Wildman–Crippen LogP) is 5.34. The quantitative estimate of drug-likeness (QED) is 0.444. The molecule has 1 heterocycles. The molecule has 0 fully saturated rings. The Morgan fingerprint density at radius 1 is 1.07 bits per heavy atom. The van der Waals surface area contributed by atoms with Gasteiger partial charge in [-0.1, -0.05) is 35.9 Å². The maximum absolute atomic E-state index is 13.3. The molecule has 6 heteroatoms. The van der Waals surface area contributed by atoms with Crippen LogP contribution in [-0.2, 0) is 0 Å². The van der Waals surface area contributed by atoms with E-state index < -0.39 is 0 Å². The number of fused-ring (bicyclic) bond motifs is 1. The molecule has 0 radical (unpaired) electrons. The van der Waals surface area contributed by atoms with Gasteiger partial charge < -0.3 is 9.84 Å². The summed E-state index contributed by atoms with van der Waals surface area (Å²) in [6.07, 6.45) is 3.61. The first-order chi connectivity index (χ1) is 14.5. The highest BCUT2D eigenvalue weighted by molar-refractivity contribution is 9.10. The summed E-state index contributed by atoms with van der Waals surface area (Å²) in [6.45, 7) is 2.00. The topological polar surface area (TPSA) is 64.3 Å². The molecule has 0 amide bonds. The normalized spacial score (nSPS) is 11.3. The second-order valence-electron chi connectivity index (χ2n) is 6.85. The second-order valence-corrected chi connectivity index (χ2v) is 7.70. The Bertz CT molecular complexity index is 1330. The van der Waals surface area contributed by atoms with Gasteiger partial charge in [0.15, 0.2) is 11.5 Å². The van der Waals surface area contributed by atoms with Crippen molar-refractivity contribution < 1.29 is 9.84 Å². The summed E-state index contributed by atoms with van der Waals surface area (Å²) >= 11 is 3.33. The van der Waals surface area contributed by atoms with E-state index in [2.05, 4.69) is 15.9 Å². The number of aromatic nitrogens is 2. The number of phenols is 1. The number of hydrogen-bond acceptors (Lipinski definition) is 4. The maximum Gasteiger partial charge on any atom is 0.266 e. The molecule has 0 aliphatic rings. The first kappa shape index (κ1) is 19.9. The Morgan fingerprint density at radius 2 is 1.80 bits per heavy atom. The number of ether oxygens (including phenoxy) is 1. The van der Waals surface area contributed by atoms with Crippen molar-refractivity contribution in [1.29, 1.82) is 0 Å². The van der Waals surface area contributed by atoms with Crippen molar-refractivity contribution >= 4 is 39.0 Å².